The zero-order valence-corrected chi connectivity index (χ0v) is 10.7. The zero-order chi connectivity index (χ0) is 13.2. The number of hydrogen-bond acceptors (Lipinski definition) is 2. The Bertz CT molecular complexity index is 468. The van der Waals surface area contributed by atoms with Gasteiger partial charge in [0.1, 0.15) is 0 Å². The van der Waals surface area contributed by atoms with Gasteiger partial charge < -0.3 is 10.8 Å². The van der Waals surface area contributed by atoms with Crippen LogP contribution >= 0.6 is 0 Å². The molecule has 92 valence electrons. The summed E-state index contributed by atoms with van der Waals surface area (Å²) in [5, 5.41) is 8.81. The minimum absolute atomic E-state index is 0.0399. The molecule has 0 atom stereocenters. The van der Waals surface area contributed by atoms with Gasteiger partial charge in [-0.25, -0.2) is 4.79 Å². The Balaban J connectivity index is 3.15. The standard InChI is InChI=1S/C14H19NO2/c1-9(13(16)17)7-10-5-6-11(8-12(10)15)14(2,3)4/h5-8H,15H2,1-4H3,(H,16,17). The average Bonchev–Trinajstić information content (AvgIpc) is 2.19. The number of anilines is 1. The molecule has 0 aromatic heterocycles. The number of aliphatic carboxylic acids is 1. The monoisotopic (exact) mass is 233 g/mol. The lowest BCUT2D eigenvalue weighted by Gasteiger charge is -2.20. The molecule has 0 aliphatic rings. The molecular weight excluding hydrogens is 214 g/mol. The van der Waals surface area contributed by atoms with E-state index in [1.165, 1.54) is 0 Å². The Morgan fingerprint density at radius 3 is 2.35 bits per heavy atom. The molecule has 0 amide bonds. The first kappa shape index (κ1) is 13.3. The Kier molecular flexibility index (Phi) is 3.61. The molecule has 0 aliphatic carbocycles. The summed E-state index contributed by atoms with van der Waals surface area (Å²) in [6.45, 7) is 7.89. The van der Waals surface area contributed by atoms with Gasteiger partial charge in [0, 0.05) is 11.3 Å². The smallest absolute Gasteiger partial charge is 0.331 e. The van der Waals surface area contributed by atoms with Crippen LogP contribution in [0.1, 0.15) is 38.8 Å². The molecule has 3 nitrogen and oxygen atoms in total. The first-order valence-corrected chi connectivity index (χ1v) is 5.53. The minimum atomic E-state index is -0.927. The summed E-state index contributed by atoms with van der Waals surface area (Å²) >= 11 is 0. The molecule has 3 N–H and O–H groups in total. The summed E-state index contributed by atoms with van der Waals surface area (Å²) < 4.78 is 0. The third-order valence-corrected chi connectivity index (χ3v) is 2.66. The normalized spacial score (nSPS) is 12.6. The van der Waals surface area contributed by atoms with Crippen molar-refractivity contribution in [1.29, 1.82) is 0 Å². The highest BCUT2D eigenvalue weighted by Gasteiger charge is 2.14. The minimum Gasteiger partial charge on any atom is -0.478 e. The van der Waals surface area contributed by atoms with E-state index in [-0.39, 0.29) is 11.0 Å². The highest BCUT2D eigenvalue weighted by Crippen LogP contribution is 2.26. The summed E-state index contributed by atoms with van der Waals surface area (Å²) in [7, 11) is 0. The Morgan fingerprint density at radius 2 is 1.94 bits per heavy atom. The third kappa shape index (κ3) is 3.34. The van der Waals surface area contributed by atoms with Crippen LogP contribution in [-0.4, -0.2) is 11.1 Å². The average molecular weight is 233 g/mol. The molecule has 1 rings (SSSR count). The van der Waals surface area contributed by atoms with E-state index in [4.69, 9.17) is 10.8 Å². The number of nitrogens with two attached hydrogens (primary N) is 1. The van der Waals surface area contributed by atoms with E-state index in [0.29, 0.717) is 5.69 Å². The highest BCUT2D eigenvalue weighted by atomic mass is 16.4. The highest BCUT2D eigenvalue weighted by molar-refractivity contribution is 5.92. The predicted octanol–water partition coefficient (Wildman–Crippen LogP) is 3.05. The van der Waals surface area contributed by atoms with Crippen molar-refractivity contribution in [3.63, 3.8) is 0 Å². The molecule has 1 aromatic carbocycles. The Morgan fingerprint density at radius 1 is 1.35 bits per heavy atom. The van der Waals surface area contributed by atoms with Crippen molar-refractivity contribution in [2.24, 2.45) is 0 Å². The molecule has 0 saturated carbocycles. The fourth-order valence-corrected chi connectivity index (χ4v) is 1.47. The van der Waals surface area contributed by atoms with Crippen molar-refractivity contribution in [2.45, 2.75) is 33.1 Å². The van der Waals surface area contributed by atoms with Gasteiger partial charge in [0.2, 0.25) is 0 Å². The molecule has 0 radical (unpaired) electrons. The van der Waals surface area contributed by atoms with Crippen LogP contribution in [0.5, 0.6) is 0 Å². The van der Waals surface area contributed by atoms with Crippen molar-refractivity contribution < 1.29 is 9.90 Å². The van der Waals surface area contributed by atoms with E-state index < -0.39 is 5.97 Å². The lowest BCUT2D eigenvalue weighted by atomic mass is 9.86. The molecule has 0 unspecified atom stereocenters. The Labute approximate surface area is 102 Å². The van der Waals surface area contributed by atoms with E-state index in [2.05, 4.69) is 20.8 Å². The van der Waals surface area contributed by atoms with Crippen LogP contribution in [0, 0.1) is 0 Å². The fraction of sp³-hybridized carbons (Fsp3) is 0.357. The van der Waals surface area contributed by atoms with Crippen LogP contribution in [0.25, 0.3) is 6.08 Å². The van der Waals surface area contributed by atoms with Gasteiger partial charge in [-0.15, -0.1) is 0 Å². The number of benzene rings is 1. The van der Waals surface area contributed by atoms with Crippen LogP contribution in [-0.2, 0) is 10.2 Å². The summed E-state index contributed by atoms with van der Waals surface area (Å²) in [6.07, 6.45) is 1.59. The van der Waals surface area contributed by atoms with Crippen LogP contribution in [0.4, 0.5) is 5.69 Å². The van der Waals surface area contributed by atoms with Gasteiger partial charge in [-0.2, -0.15) is 0 Å². The molecule has 1 aromatic rings. The fourth-order valence-electron chi connectivity index (χ4n) is 1.47. The van der Waals surface area contributed by atoms with Gasteiger partial charge in [0.05, 0.1) is 0 Å². The van der Waals surface area contributed by atoms with Gasteiger partial charge in [-0.3, -0.25) is 0 Å². The molecule has 0 spiro atoms. The van der Waals surface area contributed by atoms with Gasteiger partial charge in [0.25, 0.3) is 0 Å². The first-order chi connectivity index (χ1) is 7.71. The lowest BCUT2D eigenvalue weighted by Crippen LogP contribution is -2.11. The van der Waals surface area contributed by atoms with E-state index in [1.54, 1.807) is 13.0 Å². The van der Waals surface area contributed by atoms with Crippen molar-refractivity contribution in [1.82, 2.24) is 0 Å². The Hall–Kier alpha value is -1.77. The van der Waals surface area contributed by atoms with Crippen molar-refractivity contribution >= 4 is 17.7 Å². The number of carboxylic acids is 1. The molecule has 17 heavy (non-hydrogen) atoms. The van der Waals surface area contributed by atoms with Gasteiger partial charge in [-0.05, 0) is 35.6 Å². The predicted molar refractivity (Wildman–Crippen MR) is 70.8 cm³/mol. The maximum Gasteiger partial charge on any atom is 0.331 e. The summed E-state index contributed by atoms with van der Waals surface area (Å²) in [4.78, 5) is 10.7. The second kappa shape index (κ2) is 4.62. The molecule has 0 aliphatic heterocycles. The van der Waals surface area contributed by atoms with Crippen molar-refractivity contribution in [3.05, 3.63) is 34.9 Å². The van der Waals surface area contributed by atoms with Crippen LogP contribution < -0.4 is 5.73 Å². The summed E-state index contributed by atoms with van der Waals surface area (Å²) in [6, 6.07) is 5.75. The van der Waals surface area contributed by atoms with E-state index >= 15 is 0 Å². The topological polar surface area (TPSA) is 63.3 Å². The van der Waals surface area contributed by atoms with Crippen molar-refractivity contribution in [2.75, 3.05) is 5.73 Å². The van der Waals surface area contributed by atoms with Crippen LogP contribution in [0.2, 0.25) is 0 Å². The number of nitrogen functional groups attached to an aromatic ring is 1. The maximum absolute atomic E-state index is 10.7. The van der Waals surface area contributed by atoms with Crippen LogP contribution in [0.3, 0.4) is 0 Å². The van der Waals surface area contributed by atoms with Gasteiger partial charge in [0.15, 0.2) is 0 Å². The molecule has 0 bridgehead atoms. The first-order valence-electron chi connectivity index (χ1n) is 5.53. The number of hydrogen-bond donors (Lipinski definition) is 2. The molecular formula is C14H19NO2. The zero-order valence-electron chi connectivity index (χ0n) is 10.7. The number of carbonyl (C=O) groups is 1. The molecule has 3 heteroatoms. The molecule has 0 heterocycles. The molecule has 0 fully saturated rings. The summed E-state index contributed by atoms with van der Waals surface area (Å²) in [5.74, 6) is -0.927. The van der Waals surface area contributed by atoms with Crippen molar-refractivity contribution in [3.8, 4) is 0 Å². The van der Waals surface area contributed by atoms with Crippen LogP contribution in [0.15, 0.2) is 23.8 Å². The maximum atomic E-state index is 10.7. The summed E-state index contributed by atoms with van der Waals surface area (Å²) in [5.41, 5.74) is 8.74. The number of carboxylic acid groups (broad SMARTS) is 1. The molecule has 0 saturated heterocycles. The van der Waals surface area contributed by atoms with E-state index in [1.807, 2.05) is 18.2 Å². The second-order valence-electron chi connectivity index (χ2n) is 5.23. The third-order valence-electron chi connectivity index (χ3n) is 2.66. The second-order valence-corrected chi connectivity index (χ2v) is 5.23. The largest absolute Gasteiger partial charge is 0.478 e. The van der Waals surface area contributed by atoms with Gasteiger partial charge in [-0.1, -0.05) is 32.9 Å². The van der Waals surface area contributed by atoms with Gasteiger partial charge >= 0.3 is 5.97 Å². The quantitative estimate of drug-likeness (QED) is 0.609. The lowest BCUT2D eigenvalue weighted by molar-refractivity contribution is -0.132. The van der Waals surface area contributed by atoms with E-state index in [9.17, 15) is 4.79 Å². The SMILES string of the molecule is CC(=Cc1ccc(C(C)(C)C)cc1N)C(=O)O. The number of rotatable bonds is 2. The van der Waals surface area contributed by atoms with E-state index in [0.717, 1.165) is 11.1 Å².